The number of hydrogen-bond acceptors (Lipinski definition) is 3. The number of nitrogens with one attached hydrogen (secondary N) is 2. The summed E-state index contributed by atoms with van der Waals surface area (Å²) in [4.78, 5) is 14.4. The number of piperidine rings is 1. The summed E-state index contributed by atoms with van der Waals surface area (Å²) < 4.78 is 15.0. The Morgan fingerprint density at radius 1 is 1.31 bits per heavy atom. The number of amides is 2. The van der Waals surface area contributed by atoms with Crippen LogP contribution >= 0.6 is 11.6 Å². The van der Waals surface area contributed by atoms with Gasteiger partial charge in [-0.1, -0.05) is 43.1 Å². The number of aliphatic hydroxyl groups is 1. The number of aromatic amines is 1. The molecule has 1 atom stereocenters. The van der Waals surface area contributed by atoms with Crippen molar-refractivity contribution in [2.24, 2.45) is 11.3 Å². The molecule has 4 rings (SSSR count). The third kappa shape index (κ3) is 4.19. The van der Waals surface area contributed by atoms with E-state index in [0.29, 0.717) is 36.8 Å². The van der Waals surface area contributed by atoms with Gasteiger partial charge in [-0.25, -0.2) is 9.18 Å². The van der Waals surface area contributed by atoms with Gasteiger partial charge in [-0.3, -0.25) is 5.10 Å². The van der Waals surface area contributed by atoms with Crippen LogP contribution in [0.25, 0.3) is 10.9 Å². The number of anilines is 1. The van der Waals surface area contributed by atoms with Crippen molar-refractivity contribution < 1.29 is 14.3 Å². The lowest BCUT2D eigenvalue weighted by Crippen LogP contribution is -2.45. The Hall–Kier alpha value is -2.64. The Morgan fingerprint density at radius 2 is 1.97 bits per heavy atom. The van der Waals surface area contributed by atoms with Crippen molar-refractivity contribution in [2.75, 3.05) is 18.4 Å². The molecule has 2 heterocycles. The summed E-state index contributed by atoms with van der Waals surface area (Å²) in [6.45, 7) is 7.00. The molecular weight excluding hydrogens is 431 g/mol. The SMILES string of the molecule is Cc1ccc(NC(=O)N2CCC(C(C)(C)[C@H](O)c3c(F)c(Cl)cc4cn[nH]c34)CC2)cc1. The minimum atomic E-state index is -1.08. The predicted octanol–water partition coefficient (Wildman–Crippen LogP) is 5.67. The van der Waals surface area contributed by atoms with E-state index >= 15 is 0 Å². The van der Waals surface area contributed by atoms with Crippen LogP contribution in [-0.2, 0) is 0 Å². The number of urea groups is 1. The van der Waals surface area contributed by atoms with Crippen LogP contribution in [0, 0.1) is 24.1 Å². The summed E-state index contributed by atoms with van der Waals surface area (Å²) in [6, 6.07) is 9.05. The molecule has 6 nitrogen and oxygen atoms in total. The summed E-state index contributed by atoms with van der Waals surface area (Å²) in [7, 11) is 0. The fourth-order valence-electron chi connectivity index (χ4n) is 4.58. The lowest BCUT2D eigenvalue weighted by Gasteiger charge is -2.43. The smallest absolute Gasteiger partial charge is 0.321 e. The fourth-order valence-corrected chi connectivity index (χ4v) is 4.80. The van der Waals surface area contributed by atoms with Crippen LogP contribution in [0.4, 0.5) is 14.9 Å². The molecule has 0 aliphatic carbocycles. The molecule has 2 amide bonds. The summed E-state index contributed by atoms with van der Waals surface area (Å²) >= 11 is 6.08. The molecule has 3 N–H and O–H groups in total. The van der Waals surface area contributed by atoms with Gasteiger partial charge in [0, 0.05) is 29.7 Å². The molecule has 0 saturated carbocycles. The topological polar surface area (TPSA) is 81.2 Å². The summed E-state index contributed by atoms with van der Waals surface area (Å²) in [5, 5.41) is 21.6. The van der Waals surface area contributed by atoms with Crippen LogP contribution in [0.2, 0.25) is 5.02 Å². The molecule has 0 radical (unpaired) electrons. The lowest BCUT2D eigenvalue weighted by atomic mass is 9.68. The number of carbonyl (C=O) groups is 1. The molecular formula is C24H28ClFN4O2. The highest BCUT2D eigenvalue weighted by Gasteiger charge is 2.41. The van der Waals surface area contributed by atoms with Crippen LogP contribution in [0.1, 0.15) is 43.9 Å². The maximum absolute atomic E-state index is 15.0. The standard InChI is InChI=1S/C24H28ClFN4O2/c1-14-4-6-17(7-5-14)28-23(32)30-10-8-16(9-11-30)24(2,3)22(31)19-20(26)18(25)12-15-13-27-29-21(15)19/h4-7,12-13,16,22,31H,8-11H2,1-3H3,(H,27,29)(H,28,32)/t22-/m1/s1. The van der Waals surface area contributed by atoms with Crippen molar-refractivity contribution in [1.29, 1.82) is 0 Å². The normalized spacial score (nSPS) is 16.4. The first-order chi connectivity index (χ1) is 15.2. The largest absolute Gasteiger partial charge is 0.388 e. The Kier molecular flexibility index (Phi) is 6.14. The average Bonchev–Trinajstić information content (AvgIpc) is 3.23. The molecule has 1 aromatic heterocycles. The highest BCUT2D eigenvalue weighted by molar-refractivity contribution is 6.31. The van der Waals surface area contributed by atoms with Gasteiger partial charge >= 0.3 is 6.03 Å². The number of nitrogens with zero attached hydrogens (tertiary/aromatic N) is 2. The minimum Gasteiger partial charge on any atom is -0.388 e. The van der Waals surface area contributed by atoms with Crippen LogP contribution in [0.15, 0.2) is 36.5 Å². The number of halogens is 2. The first-order valence-electron chi connectivity index (χ1n) is 10.8. The van der Waals surface area contributed by atoms with Crippen molar-refractivity contribution in [1.82, 2.24) is 15.1 Å². The highest BCUT2D eigenvalue weighted by Crippen LogP contribution is 2.47. The number of carbonyl (C=O) groups excluding carboxylic acids is 1. The first kappa shape index (κ1) is 22.6. The van der Waals surface area contributed by atoms with Crippen LogP contribution < -0.4 is 5.32 Å². The number of H-pyrrole nitrogens is 1. The number of aryl methyl sites for hydroxylation is 1. The predicted molar refractivity (Wildman–Crippen MR) is 124 cm³/mol. The van der Waals surface area contributed by atoms with Gasteiger partial charge in [0.15, 0.2) is 0 Å². The number of aromatic nitrogens is 2. The number of likely N-dealkylation sites (tertiary alicyclic amines) is 1. The minimum absolute atomic E-state index is 0.0358. The molecule has 1 saturated heterocycles. The van der Waals surface area contributed by atoms with Gasteiger partial charge < -0.3 is 15.3 Å². The number of hydrogen-bond donors (Lipinski definition) is 3. The van der Waals surface area contributed by atoms with E-state index in [1.807, 2.05) is 45.0 Å². The molecule has 8 heteroatoms. The van der Waals surface area contributed by atoms with E-state index in [-0.39, 0.29) is 22.5 Å². The number of fused-ring (bicyclic) bond motifs is 1. The van der Waals surface area contributed by atoms with Crippen molar-refractivity contribution in [3.05, 3.63) is 58.5 Å². The van der Waals surface area contributed by atoms with Crippen LogP contribution in [-0.4, -0.2) is 39.3 Å². The molecule has 2 aromatic carbocycles. The Morgan fingerprint density at radius 3 is 2.62 bits per heavy atom. The van der Waals surface area contributed by atoms with Gasteiger partial charge in [-0.05, 0) is 49.3 Å². The second kappa shape index (κ2) is 8.71. The first-order valence-corrected chi connectivity index (χ1v) is 11.2. The molecule has 0 unspecified atom stereocenters. The Balaban J connectivity index is 1.46. The molecule has 0 spiro atoms. The molecule has 1 fully saturated rings. The van der Waals surface area contributed by atoms with Crippen molar-refractivity contribution in [3.63, 3.8) is 0 Å². The average molecular weight is 459 g/mol. The van der Waals surface area contributed by atoms with Gasteiger partial charge in [0.25, 0.3) is 0 Å². The molecule has 3 aromatic rings. The molecule has 170 valence electrons. The quantitative estimate of drug-likeness (QED) is 0.471. The van der Waals surface area contributed by atoms with E-state index in [2.05, 4.69) is 15.5 Å². The zero-order chi connectivity index (χ0) is 23.0. The third-order valence-corrected chi connectivity index (χ3v) is 7.06. The van der Waals surface area contributed by atoms with Gasteiger partial charge in [-0.15, -0.1) is 0 Å². The van der Waals surface area contributed by atoms with E-state index in [0.717, 1.165) is 11.3 Å². The van der Waals surface area contributed by atoms with Crippen molar-refractivity contribution in [2.45, 2.75) is 39.7 Å². The monoisotopic (exact) mass is 458 g/mol. The second-order valence-corrected chi connectivity index (χ2v) is 9.61. The van der Waals surface area contributed by atoms with Gasteiger partial charge in [0.2, 0.25) is 0 Å². The zero-order valence-electron chi connectivity index (χ0n) is 18.5. The van der Waals surface area contributed by atoms with E-state index in [4.69, 9.17) is 11.6 Å². The summed E-state index contributed by atoms with van der Waals surface area (Å²) in [5.74, 6) is -0.531. The third-order valence-electron chi connectivity index (χ3n) is 6.78. The second-order valence-electron chi connectivity index (χ2n) is 9.20. The highest BCUT2D eigenvalue weighted by atomic mass is 35.5. The number of benzene rings is 2. The molecule has 0 bridgehead atoms. The molecule has 1 aliphatic rings. The zero-order valence-corrected chi connectivity index (χ0v) is 19.2. The summed E-state index contributed by atoms with van der Waals surface area (Å²) in [5.41, 5.74) is 1.87. The van der Waals surface area contributed by atoms with Crippen LogP contribution in [0.3, 0.4) is 0 Å². The van der Waals surface area contributed by atoms with Gasteiger partial charge in [0.05, 0.1) is 22.8 Å². The Labute approximate surface area is 191 Å². The maximum Gasteiger partial charge on any atom is 0.321 e. The van der Waals surface area contributed by atoms with Crippen LogP contribution in [0.5, 0.6) is 0 Å². The number of rotatable bonds is 4. The number of aliphatic hydroxyl groups excluding tert-OH is 1. The van der Waals surface area contributed by atoms with Crippen molar-refractivity contribution in [3.8, 4) is 0 Å². The lowest BCUT2D eigenvalue weighted by molar-refractivity contribution is -0.0156. The summed E-state index contributed by atoms with van der Waals surface area (Å²) in [6.07, 6.45) is 1.90. The van der Waals surface area contributed by atoms with E-state index < -0.39 is 17.3 Å². The van der Waals surface area contributed by atoms with Gasteiger partial charge in [-0.2, -0.15) is 5.10 Å². The molecule has 32 heavy (non-hydrogen) atoms. The van der Waals surface area contributed by atoms with E-state index in [1.54, 1.807) is 11.1 Å². The van der Waals surface area contributed by atoms with Gasteiger partial charge in [0.1, 0.15) is 5.82 Å². The maximum atomic E-state index is 15.0. The Bertz CT molecular complexity index is 1120. The van der Waals surface area contributed by atoms with E-state index in [9.17, 15) is 14.3 Å². The molecule has 1 aliphatic heterocycles. The van der Waals surface area contributed by atoms with E-state index in [1.165, 1.54) is 6.07 Å². The fraction of sp³-hybridized carbons (Fsp3) is 0.417. The van der Waals surface area contributed by atoms with Crippen molar-refractivity contribution >= 4 is 34.2 Å².